The molecule has 1 aromatic heterocycles. The van der Waals surface area contributed by atoms with Crippen molar-refractivity contribution in [2.24, 2.45) is 0 Å². The van der Waals surface area contributed by atoms with Crippen molar-refractivity contribution in [1.82, 2.24) is 9.88 Å². The van der Waals surface area contributed by atoms with Gasteiger partial charge in [0.1, 0.15) is 0 Å². The van der Waals surface area contributed by atoms with Gasteiger partial charge in [-0.25, -0.2) is 4.98 Å². The molecule has 0 aromatic carbocycles. The summed E-state index contributed by atoms with van der Waals surface area (Å²) in [5.74, 6) is -0.739. The van der Waals surface area contributed by atoms with Crippen molar-refractivity contribution in [2.45, 2.75) is 51.5 Å². The Balaban J connectivity index is 1.78. The Hall–Kier alpha value is -0.940. The molecule has 1 atom stereocenters. The lowest BCUT2D eigenvalue weighted by Crippen LogP contribution is -2.38. The molecule has 19 heavy (non-hydrogen) atoms. The minimum atomic E-state index is -0.739. The number of aliphatic carboxylic acids is 1. The molecule has 1 unspecified atom stereocenters. The van der Waals surface area contributed by atoms with Crippen LogP contribution in [0, 0.1) is 0 Å². The van der Waals surface area contributed by atoms with E-state index in [1.54, 1.807) is 11.3 Å². The molecule has 0 aliphatic carbocycles. The molecule has 0 saturated carbocycles. The molecule has 0 amide bonds. The molecule has 0 bridgehead atoms. The summed E-state index contributed by atoms with van der Waals surface area (Å²) < 4.78 is 0. The van der Waals surface area contributed by atoms with Gasteiger partial charge in [-0.3, -0.25) is 4.79 Å². The molecule has 1 saturated heterocycles. The van der Waals surface area contributed by atoms with Gasteiger partial charge in [-0.05, 0) is 32.7 Å². The molecule has 0 radical (unpaired) electrons. The first kappa shape index (κ1) is 14.5. The number of hydrogen-bond acceptors (Lipinski definition) is 4. The van der Waals surface area contributed by atoms with Crippen LogP contribution >= 0.6 is 11.3 Å². The normalized spacial score (nSPS) is 20.6. The average Bonchev–Trinajstić information content (AvgIpc) is 2.83. The molecule has 0 spiro atoms. The highest BCUT2D eigenvalue weighted by molar-refractivity contribution is 7.11. The third-order valence-corrected chi connectivity index (χ3v) is 4.86. The van der Waals surface area contributed by atoms with Crippen LogP contribution in [0.2, 0.25) is 0 Å². The quantitative estimate of drug-likeness (QED) is 0.871. The van der Waals surface area contributed by atoms with Gasteiger partial charge in [-0.15, -0.1) is 11.3 Å². The smallest absolute Gasteiger partial charge is 0.303 e. The summed E-state index contributed by atoms with van der Waals surface area (Å²) in [5, 5.41) is 9.80. The van der Waals surface area contributed by atoms with E-state index < -0.39 is 5.97 Å². The highest BCUT2D eigenvalue weighted by Gasteiger charge is 2.18. The Morgan fingerprint density at radius 3 is 3.11 bits per heavy atom. The van der Waals surface area contributed by atoms with Crippen LogP contribution in [0.5, 0.6) is 0 Å². The first-order chi connectivity index (χ1) is 9.15. The zero-order valence-electron chi connectivity index (χ0n) is 11.5. The number of carbonyl (C=O) groups is 1. The Morgan fingerprint density at radius 1 is 1.53 bits per heavy atom. The lowest BCUT2D eigenvalue weighted by Gasteiger charge is -2.32. The second kappa shape index (κ2) is 7.01. The van der Waals surface area contributed by atoms with E-state index in [1.807, 2.05) is 6.20 Å². The summed E-state index contributed by atoms with van der Waals surface area (Å²) in [6.07, 6.45) is 7.60. The highest BCUT2D eigenvalue weighted by Crippen LogP contribution is 2.19. The van der Waals surface area contributed by atoms with Crippen LogP contribution in [0.4, 0.5) is 0 Å². The fraction of sp³-hybridized carbons (Fsp3) is 0.714. The Labute approximate surface area is 118 Å². The number of rotatable bonds is 6. The molecular formula is C14H22N2O2S. The minimum Gasteiger partial charge on any atom is -0.481 e. The highest BCUT2D eigenvalue weighted by atomic mass is 32.1. The van der Waals surface area contributed by atoms with Crippen LogP contribution in [-0.4, -0.2) is 40.1 Å². The fourth-order valence-corrected chi connectivity index (χ4v) is 3.45. The second-order valence-corrected chi connectivity index (χ2v) is 6.44. The molecule has 1 fully saturated rings. The summed E-state index contributed by atoms with van der Waals surface area (Å²) in [6.45, 7) is 4.59. The van der Waals surface area contributed by atoms with E-state index >= 15 is 0 Å². The summed E-state index contributed by atoms with van der Waals surface area (Å²) in [7, 11) is 0. The maximum atomic E-state index is 10.5. The van der Waals surface area contributed by atoms with Crippen LogP contribution in [0.15, 0.2) is 6.20 Å². The zero-order valence-corrected chi connectivity index (χ0v) is 12.3. The van der Waals surface area contributed by atoms with Crippen LogP contribution in [0.1, 0.15) is 42.5 Å². The third-order valence-electron chi connectivity index (χ3n) is 3.74. The number of carboxylic acids is 1. The van der Waals surface area contributed by atoms with Crippen LogP contribution in [-0.2, 0) is 17.6 Å². The van der Waals surface area contributed by atoms with Gasteiger partial charge in [0.15, 0.2) is 0 Å². The van der Waals surface area contributed by atoms with E-state index in [1.165, 1.54) is 25.8 Å². The first-order valence-electron chi connectivity index (χ1n) is 7.04. The van der Waals surface area contributed by atoms with Crippen molar-refractivity contribution in [2.75, 3.05) is 13.1 Å². The van der Waals surface area contributed by atoms with E-state index in [2.05, 4.69) is 16.8 Å². The van der Waals surface area contributed by atoms with Crippen molar-refractivity contribution in [3.05, 3.63) is 16.1 Å². The Morgan fingerprint density at radius 2 is 2.37 bits per heavy atom. The number of aromatic nitrogens is 1. The second-order valence-electron chi connectivity index (χ2n) is 5.24. The molecule has 1 aromatic rings. The Kier molecular flexibility index (Phi) is 5.34. The largest absolute Gasteiger partial charge is 0.481 e. The average molecular weight is 282 g/mol. The van der Waals surface area contributed by atoms with E-state index in [-0.39, 0.29) is 6.42 Å². The first-order valence-corrected chi connectivity index (χ1v) is 7.86. The Bertz CT molecular complexity index is 419. The van der Waals surface area contributed by atoms with Crippen molar-refractivity contribution in [3.8, 4) is 0 Å². The van der Waals surface area contributed by atoms with E-state index in [4.69, 9.17) is 5.11 Å². The van der Waals surface area contributed by atoms with Gasteiger partial charge >= 0.3 is 5.97 Å². The number of thiazole rings is 1. The van der Waals surface area contributed by atoms with Gasteiger partial charge in [-0.1, -0.05) is 6.42 Å². The standard InChI is InChI=1S/C14H22N2O2S/c1-11-4-2-3-8-16(11)9-7-13-15-10-12(19-13)5-6-14(17)18/h10-11H,2-9H2,1H3,(H,17,18). The lowest BCUT2D eigenvalue weighted by molar-refractivity contribution is -0.136. The molecule has 2 rings (SSSR count). The van der Waals surface area contributed by atoms with Crippen molar-refractivity contribution >= 4 is 17.3 Å². The van der Waals surface area contributed by atoms with Gasteiger partial charge in [0, 0.05) is 30.1 Å². The van der Waals surface area contributed by atoms with Crippen molar-refractivity contribution in [1.29, 1.82) is 0 Å². The van der Waals surface area contributed by atoms with Gasteiger partial charge in [-0.2, -0.15) is 0 Å². The minimum absolute atomic E-state index is 0.199. The number of likely N-dealkylation sites (tertiary alicyclic amines) is 1. The topological polar surface area (TPSA) is 53.4 Å². The third kappa shape index (κ3) is 4.58. The molecule has 106 valence electrons. The number of carboxylic acid groups (broad SMARTS) is 1. The van der Waals surface area contributed by atoms with Gasteiger partial charge in [0.05, 0.1) is 11.4 Å². The molecule has 1 aliphatic rings. The molecular weight excluding hydrogens is 260 g/mol. The SMILES string of the molecule is CC1CCCCN1CCc1ncc(CCC(=O)O)s1. The maximum absolute atomic E-state index is 10.5. The van der Waals surface area contributed by atoms with Gasteiger partial charge in [0.25, 0.3) is 0 Å². The lowest BCUT2D eigenvalue weighted by atomic mass is 10.0. The number of nitrogens with zero attached hydrogens (tertiary/aromatic N) is 2. The fourth-order valence-electron chi connectivity index (χ4n) is 2.54. The predicted octanol–water partition coefficient (Wildman–Crippen LogP) is 2.58. The van der Waals surface area contributed by atoms with E-state index in [9.17, 15) is 4.79 Å². The summed E-state index contributed by atoms with van der Waals surface area (Å²) in [6, 6.07) is 0.695. The van der Waals surface area contributed by atoms with E-state index in [0.717, 1.165) is 22.9 Å². The summed E-state index contributed by atoms with van der Waals surface area (Å²) in [5.41, 5.74) is 0. The van der Waals surface area contributed by atoms with Crippen molar-refractivity contribution in [3.63, 3.8) is 0 Å². The predicted molar refractivity (Wildman–Crippen MR) is 76.7 cm³/mol. The van der Waals surface area contributed by atoms with Crippen LogP contribution in [0.25, 0.3) is 0 Å². The number of hydrogen-bond donors (Lipinski definition) is 1. The molecule has 2 heterocycles. The number of piperidine rings is 1. The van der Waals surface area contributed by atoms with Crippen LogP contribution in [0.3, 0.4) is 0 Å². The zero-order chi connectivity index (χ0) is 13.7. The van der Waals surface area contributed by atoms with Crippen LogP contribution < -0.4 is 0 Å². The summed E-state index contributed by atoms with van der Waals surface area (Å²) >= 11 is 1.66. The summed E-state index contributed by atoms with van der Waals surface area (Å²) in [4.78, 5) is 18.6. The molecule has 1 N–H and O–H groups in total. The van der Waals surface area contributed by atoms with Gasteiger partial charge < -0.3 is 10.0 Å². The number of aryl methyl sites for hydroxylation is 1. The van der Waals surface area contributed by atoms with Crippen molar-refractivity contribution < 1.29 is 9.90 Å². The molecule has 5 heteroatoms. The molecule has 4 nitrogen and oxygen atoms in total. The van der Waals surface area contributed by atoms with E-state index in [0.29, 0.717) is 12.5 Å². The monoisotopic (exact) mass is 282 g/mol. The molecule has 1 aliphatic heterocycles. The van der Waals surface area contributed by atoms with Gasteiger partial charge in [0.2, 0.25) is 0 Å². The maximum Gasteiger partial charge on any atom is 0.303 e.